The molecular weight excluding hydrogens is 264 g/mol. The van der Waals surface area contributed by atoms with E-state index in [1.165, 1.54) is 0 Å². The van der Waals surface area contributed by atoms with Crippen LogP contribution in [0.3, 0.4) is 0 Å². The maximum absolute atomic E-state index is 12.1. The van der Waals surface area contributed by atoms with Crippen molar-refractivity contribution in [3.8, 4) is 0 Å². The number of nitrogens with zero attached hydrogens (tertiary/aromatic N) is 2. The summed E-state index contributed by atoms with van der Waals surface area (Å²) in [4.78, 5) is 18.0. The maximum Gasteiger partial charge on any atom is 0.246 e. The predicted octanol–water partition coefficient (Wildman–Crippen LogP) is 2.49. The van der Waals surface area contributed by atoms with Gasteiger partial charge in [-0.3, -0.25) is 9.78 Å². The molecule has 4 nitrogen and oxygen atoms in total. The van der Waals surface area contributed by atoms with Crippen molar-refractivity contribution in [2.45, 2.75) is 38.7 Å². The molecule has 0 unspecified atom stereocenters. The van der Waals surface area contributed by atoms with Crippen LogP contribution in [-0.4, -0.2) is 39.6 Å². The van der Waals surface area contributed by atoms with Crippen LogP contribution in [-0.2, 0) is 4.79 Å². The Hall–Kier alpha value is -1.68. The normalized spacial score (nSPS) is 17.4. The summed E-state index contributed by atoms with van der Waals surface area (Å²) in [6.07, 6.45) is 9.64. The molecule has 0 atom stereocenters. The number of likely N-dealkylation sites (tertiary alicyclic amines) is 1. The largest absolute Gasteiger partial charge is 0.390 e. The van der Waals surface area contributed by atoms with Crippen LogP contribution in [0, 0.1) is 5.92 Å². The number of aliphatic hydroxyl groups is 1. The van der Waals surface area contributed by atoms with Crippen molar-refractivity contribution in [1.29, 1.82) is 0 Å². The maximum atomic E-state index is 12.1. The van der Waals surface area contributed by atoms with Crippen molar-refractivity contribution in [2.24, 2.45) is 5.92 Å². The van der Waals surface area contributed by atoms with Crippen LogP contribution in [0.5, 0.6) is 0 Å². The molecule has 0 saturated carbocycles. The highest BCUT2D eigenvalue weighted by molar-refractivity contribution is 5.91. The lowest BCUT2D eigenvalue weighted by Crippen LogP contribution is -2.39. The second-order valence-electron chi connectivity index (χ2n) is 6.40. The fourth-order valence-corrected chi connectivity index (χ4v) is 2.81. The van der Waals surface area contributed by atoms with Gasteiger partial charge in [0.15, 0.2) is 0 Å². The quantitative estimate of drug-likeness (QED) is 0.866. The highest BCUT2D eigenvalue weighted by Crippen LogP contribution is 2.26. The van der Waals surface area contributed by atoms with E-state index < -0.39 is 5.60 Å². The van der Waals surface area contributed by atoms with Gasteiger partial charge in [0, 0.05) is 31.6 Å². The second kappa shape index (κ2) is 6.85. The Balaban J connectivity index is 1.82. The smallest absolute Gasteiger partial charge is 0.246 e. The summed E-state index contributed by atoms with van der Waals surface area (Å²) in [6, 6.07) is 3.75. The van der Waals surface area contributed by atoms with E-state index in [1.54, 1.807) is 18.5 Å². The van der Waals surface area contributed by atoms with Crippen LogP contribution in [0.4, 0.5) is 0 Å². The number of piperidine rings is 1. The molecule has 2 heterocycles. The minimum atomic E-state index is -0.613. The van der Waals surface area contributed by atoms with E-state index in [2.05, 4.69) is 4.98 Å². The van der Waals surface area contributed by atoms with Crippen molar-refractivity contribution >= 4 is 12.0 Å². The van der Waals surface area contributed by atoms with Gasteiger partial charge in [-0.2, -0.15) is 0 Å². The van der Waals surface area contributed by atoms with E-state index in [1.807, 2.05) is 37.0 Å². The van der Waals surface area contributed by atoms with Gasteiger partial charge >= 0.3 is 0 Å². The number of aromatic nitrogens is 1. The van der Waals surface area contributed by atoms with E-state index in [-0.39, 0.29) is 5.91 Å². The fourth-order valence-electron chi connectivity index (χ4n) is 2.81. The molecule has 1 saturated heterocycles. The first-order valence-electron chi connectivity index (χ1n) is 7.53. The van der Waals surface area contributed by atoms with Crippen LogP contribution in [0.2, 0.25) is 0 Å². The Morgan fingerprint density at radius 3 is 2.57 bits per heavy atom. The van der Waals surface area contributed by atoms with Crippen molar-refractivity contribution in [3.63, 3.8) is 0 Å². The van der Waals surface area contributed by atoms with Gasteiger partial charge in [0.2, 0.25) is 5.91 Å². The van der Waals surface area contributed by atoms with E-state index in [9.17, 15) is 9.90 Å². The van der Waals surface area contributed by atoms with Crippen LogP contribution in [0.15, 0.2) is 30.6 Å². The number of carbonyl (C=O) groups excluding carboxylic acids is 1. The zero-order valence-corrected chi connectivity index (χ0v) is 12.8. The Kier molecular flexibility index (Phi) is 5.12. The molecule has 2 rings (SSSR count). The highest BCUT2D eigenvalue weighted by atomic mass is 16.3. The molecule has 1 aromatic heterocycles. The average Bonchev–Trinajstić information content (AvgIpc) is 2.45. The summed E-state index contributed by atoms with van der Waals surface area (Å²) in [5.74, 6) is 0.576. The molecular formula is C17H24N2O2. The minimum Gasteiger partial charge on any atom is -0.390 e. The number of amides is 1. The average molecular weight is 288 g/mol. The summed E-state index contributed by atoms with van der Waals surface area (Å²) in [5, 5.41) is 9.86. The molecule has 114 valence electrons. The molecule has 0 aliphatic carbocycles. The van der Waals surface area contributed by atoms with Gasteiger partial charge in [0.05, 0.1) is 5.60 Å². The van der Waals surface area contributed by atoms with Crippen molar-refractivity contribution in [2.75, 3.05) is 13.1 Å². The summed E-state index contributed by atoms with van der Waals surface area (Å²) in [6.45, 7) is 5.25. The van der Waals surface area contributed by atoms with E-state index in [4.69, 9.17) is 0 Å². The van der Waals surface area contributed by atoms with E-state index >= 15 is 0 Å². The number of hydrogen-bond donors (Lipinski definition) is 1. The lowest BCUT2D eigenvalue weighted by Gasteiger charge is -2.34. The van der Waals surface area contributed by atoms with Gasteiger partial charge in [-0.25, -0.2) is 0 Å². The molecule has 0 aromatic carbocycles. The molecule has 0 bridgehead atoms. The molecule has 0 radical (unpaired) electrons. The monoisotopic (exact) mass is 288 g/mol. The second-order valence-corrected chi connectivity index (χ2v) is 6.40. The van der Waals surface area contributed by atoms with Crippen LogP contribution in [0.25, 0.3) is 6.08 Å². The van der Waals surface area contributed by atoms with Gasteiger partial charge in [-0.05, 0) is 62.8 Å². The molecule has 1 aliphatic rings. The Morgan fingerprint density at radius 2 is 2.00 bits per heavy atom. The van der Waals surface area contributed by atoms with Crippen molar-refractivity contribution in [3.05, 3.63) is 36.2 Å². The Bertz CT molecular complexity index is 483. The lowest BCUT2D eigenvalue weighted by atomic mass is 9.86. The first kappa shape index (κ1) is 15.7. The molecule has 1 aliphatic heterocycles. The third kappa shape index (κ3) is 5.31. The first-order valence-corrected chi connectivity index (χ1v) is 7.53. The molecule has 4 heteroatoms. The van der Waals surface area contributed by atoms with Crippen LogP contribution in [0.1, 0.15) is 38.7 Å². The van der Waals surface area contributed by atoms with Gasteiger partial charge in [-0.15, -0.1) is 0 Å². The lowest BCUT2D eigenvalue weighted by molar-refractivity contribution is -0.127. The minimum absolute atomic E-state index is 0.0634. The van der Waals surface area contributed by atoms with Crippen LogP contribution < -0.4 is 0 Å². The molecule has 1 fully saturated rings. The third-order valence-electron chi connectivity index (χ3n) is 3.84. The van der Waals surface area contributed by atoms with Gasteiger partial charge in [0.25, 0.3) is 0 Å². The highest BCUT2D eigenvalue weighted by Gasteiger charge is 2.26. The summed E-state index contributed by atoms with van der Waals surface area (Å²) >= 11 is 0. The third-order valence-corrected chi connectivity index (χ3v) is 3.84. The van der Waals surface area contributed by atoms with Crippen molar-refractivity contribution < 1.29 is 9.90 Å². The van der Waals surface area contributed by atoms with Gasteiger partial charge in [0.1, 0.15) is 0 Å². The number of pyridine rings is 1. The fraction of sp³-hybridized carbons (Fsp3) is 0.529. The zero-order valence-electron chi connectivity index (χ0n) is 12.8. The first-order chi connectivity index (χ1) is 9.94. The van der Waals surface area contributed by atoms with Gasteiger partial charge in [-0.1, -0.05) is 0 Å². The molecule has 1 amide bonds. The predicted molar refractivity (Wildman–Crippen MR) is 83.5 cm³/mol. The van der Waals surface area contributed by atoms with E-state index in [0.717, 1.165) is 37.9 Å². The SMILES string of the molecule is CC(C)(O)CC1CCN(C(=O)/C=C/c2ccncc2)CC1. The number of hydrogen-bond acceptors (Lipinski definition) is 3. The summed E-state index contributed by atoms with van der Waals surface area (Å²) < 4.78 is 0. The number of rotatable bonds is 4. The topological polar surface area (TPSA) is 53.4 Å². The molecule has 1 N–H and O–H groups in total. The van der Waals surface area contributed by atoms with E-state index in [0.29, 0.717) is 5.92 Å². The molecule has 1 aromatic rings. The molecule has 21 heavy (non-hydrogen) atoms. The Morgan fingerprint density at radius 1 is 1.38 bits per heavy atom. The Labute approximate surface area is 126 Å². The summed E-state index contributed by atoms with van der Waals surface area (Å²) in [7, 11) is 0. The van der Waals surface area contributed by atoms with Crippen LogP contribution >= 0.6 is 0 Å². The summed E-state index contributed by atoms with van der Waals surface area (Å²) in [5.41, 5.74) is 0.369. The van der Waals surface area contributed by atoms with Crippen molar-refractivity contribution in [1.82, 2.24) is 9.88 Å². The molecule has 0 spiro atoms. The number of carbonyl (C=O) groups is 1. The zero-order chi connectivity index (χ0) is 15.3. The standard InChI is InChI=1S/C17H24N2O2/c1-17(2,21)13-15-7-11-19(12-8-15)16(20)4-3-14-5-9-18-10-6-14/h3-6,9-10,15,21H,7-8,11-13H2,1-2H3/b4-3+. The van der Waals surface area contributed by atoms with Gasteiger partial charge < -0.3 is 10.0 Å².